The number of amides is 1. The van der Waals surface area contributed by atoms with E-state index in [-0.39, 0.29) is 6.42 Å². The summed E-state index contributed by atoms with van der Waals surface area (Å²) in [4.78, 5) is 11.9. The Morgan fingerprint density at radius 2 is 1.78 bits per heavy atom. The Labute approximate surface area is 162 Å². The number of carbonyl (C=O) groups excluding carboxylic acids is 1. The van der Waals surface area contributed by atoms with Crippen molar-refractivity contribution in [3.05, 3.63) is 71.4 Å². The number of rotatable bonds is 6. The molecule has 1 heterocycles. The second-order valence-corrected chi connectivity index (χ2v) is 8.27. The topological polar surface area (TPSA) is 81.1 Å². The van der Waals surface area contributed by atoms with Gasteiger partial charge in [-0.2, -0.15) is 5.10 Å². The van der Waals surface area contributed by atoms with E-state index >= 15 is 0 Å². The van der Waals surface area contributed by atoms with E-state index in [2.05, 4.69) is 5.10 Å². The Bertz CT molecular complexity index is 1050. The van der Waals surface area contributed by atoms with Crippen molar-refractivity contribution in [2.75, 3.05) is 6.26 Å². The maximum atomic E-state index is 11.9. The van der Waals surface area contributed by atoms with Gasteiger partial charge in [0, 0.05) is 23.2 Å². The molecule has 3 aromatic rings. The number of aromatic nitrogens is 2. The summed E-state index contributed by atoms with van der Waals surface area (Å²) < 4.78 is 26.1. The van der Waals surface area contributed by atoms with Gasteiger partial charge in [0.1, 0.15) is 0 Å². The van der Waals surface area contributed by atoms with Gasteiger partial charge in [0.15, 0.2) is 0 Å². The van der Waals surface area contributed by atoms with E-state index in [1.807, 2.05) is 53.4 Å². The van der Waals surface area contributed by atoms with Crippen molar-refractivity contribution in [3.63, 3.8) is 0 Å². The third-order valence-corrected chi connectivity index (χ3v) is 4.70. The molecule has 0 radical (unpaired) electrons. The van der Waals surface area contributed by atoms with E-state index in [1.54, 1.807) is 16.8 Å². The summed E-state index contributed by atoms with van der Waals surface area (Å²) in [5.74, 6) is -0.549. The fourth-order valence-corrected chi connectivity index (χ4v) is 3.30. The molecule has 0 aliphatic heterocycles. The molecule has 0 aliphatic rings. The summed E-state index contributed by atoms with van der Waals surface area (Å²) in [5.41, 5.74) is 3.32. The monoisotopic (exact) mass is 403 g/mol. The normalized spacial score (nSPS) is 11.3. The summed E-state index contributed by atoms with van der Waals surface area (Å²) in [5, 5.41) is 5.28. The zero-order valence-corrected chi connectivity index (χ0v) is 16.2. The number of hydrogen-bond donors (Lipinski definition) is 1. The summed E-state index contributed by atoms with van der Waals surface area (Å²) in [7, 11) is -3.57. The first kappa shape index (κ1) is 19.1. The smallest absolute Gasteiger partial charge is 0.233 e. The lowest BCUT2D eigenvalue weighted by Crippen LogP contribution is -2.29. The molecule has 8 heteroatoms. The maximum Gasteiger partial charge on any atom is 0.233 e. The molecule has 0 saturated heterocycles. The predicted molar refractivity (Wildman–Crippen MR) is 105 cm³/mol. The Morgan fingerprint density at radius 1 is 1.11 bits per heavy atom. The zero-order valence-electron chi connectivity index (χ0n) is 14.6. The summed E-state index contributed by atoms with van der Waals surface area (Å²) in [6.45, 7) is 0. The molecule has 1 amide bonds. The van der Waals surface area contributed by atoms with Crippen LogP contribution in [0.15, 0.2) is 60.8 Å². The van der Waals surface area contributed by atoms with Crippen molar-refractivity contribution in [2.24, 2.45) is 0 Å². The molecule has 0 unspecified atom stereocenters. The standard InChI is InChI=1S/C19H18ClN3O3S/c1-27(25,26)22-18(24)12-9-15-13-23(17-5-3-2-4-6-17)21-19(15)14-7-10-16(20)11-8-14/h2-8,10-11,13H,9,12H2,1H3,(H,22,24). The number of para-hydroxylation sites is 1. The molecule has 0 saturated carbocycles. The van der Waals surface area contributed by atoms with Crippen LogP contribution in [0.4, 0.5) is 0 Å². The Morgan fingerprint density at radius 3 is 2.41 bits per heavy atom. The van der Waals surface area contributed by atoms with Gasteiger partial charge in [-0.15, -0.1) is 0 Å². The lowest BCUT2D eigenvalue weighted by molar-refractivity contribution is -0.119. The van der Waals surface area contributed by atoms with Gasteiger partial charge in [-0.1, -0.05) is 41.9 Å². The van der Waals surface area contributed by atoms with Crippen LogP contribution in [0.1, 0.15) is 12.0 Å². The lowest BCUT2D eigenvalue weighted by Gasteiger charge is -2.04. The predicted octanol–water partition coefficient (Wildman–Crippen LogP) is 3.20. The first-order valence-electron chi connectivity index (χ1n) is 8.22. The van der Waals surface area contributed by atoms with Crippen LogP contribution < -0.4 is 4.72 Å². The van der Waals surface area contributed by atoms with Gasteiger partial charge >= 0.3 is 0 Å². The minimum Gasteiger partial charge on any atom is -0.274 e. The molecule has 0 bridgehead atoms. The summed E-state index contributed by atoms with van der Waals surface area (Å²) in [6.07, 6.45) is 3.20. The fraction of sp³-hybridized carbons (Fsp3) is 0.158. The van der Waals surface area contributed by atoms with Crippen LogP contribution in [0.25, 0.3) is 16.9 Å². The number of halogens is 1. The van der Waals surface area contributed by atoms with Crippen molar-refractivity contribution in [3.8, 4) is 16.9 Å². The minimum absolute atomic E-state index is 0.0359. The molecular formula is C19H18ClN3O3S. The van der Waals surface area contributed by atoms with E-state index in [4.69, 9.17) is 11.6 Å². The molecule has 27 heavy (non-hydrogen) atoms. The number of aryl methyl sites for hydroxylation is 1. The second kappa shape index (κ2) is 7.94. The number of nitrogens with zero attached hydrogens (tertiary/aromatic N) is 2. The van der Waals surface area contributed by atoms with E-state index in [0.717, 1.165) is 28.8 Å². The van der Waals surface area contributed by atoms with Gasteiger partial charge in [0.2, 0.25) is 15.9 Å². The Balaban J connectivity index is 1.92. The van der Waals surface area contributed by atoms with Crippen molar-refractivity contribution < 1.29 is 13.2 Å². The van der Waals surface area contributed by atoms with Crippen molar-refractivity contribution in [1.29, 1.82) is 0 Å². The van der Waals surface area contributed by atoms with Gasteiger partial charge in [-0.25, -0.2) is 13.1 Å². The first-order chi connectivity index (χ1) is 12.8. The van der Waals surface area contributed by atoms with Crippen molar-refractivity contribution >= 4 is 27.5 Å². The van der Waals surface area contributed by atoms with Crippen LogP contribution in [0.3, 0.4) is 0 Å². The molecular weight excluding hydrogens is 386 g/mol. The minimum atomic E-state index is -3.57. The van der Waals surface area contributed by atoms with E-state index < -0.39 is 15.9 Å². The van der Waals surface area contributed by atoms with Crippen LogP contribution in [0.5, 0.6) is 0 Å². The highest BCUT2D eigenvalue weighted by Gasteiger charge is 2.15. The van der Waals surface area contributed by atoms with Crippen molar-refractivity contribution in [2.45, 2.75) is 12.8 Å². The van der Waals surface area contributed by atoms with Crippen LogP contribution in [0, 0.1) is 0 Å². The largest absolute Gasteiger partial charge is 0.274 e. The Hall–Kier alpha value is -2.64. The van der Waals surface area contributed by atoms with Gasteiger partial charge < -0.3 is 0 Å². The molecule has 0 aliphatic carbocycles. The second-order valence-electron chi connectivity index (χ2n) is 6.09. The van der Waals surface area contributed by atoms with Gasteiger partial charge in [-0.3, -0.25) is 9.52 Å². The fourth-order valence-electron chi connectivity index (χ4n) is 2.66. The molecule has 0 atom stereocenters. The number of carbonyl (C=O) groups is 1. The molecule has 2 aromatic carbocycles. The van der Waals surface area contributed by atoms with Crippen LogP contribution in [0.2, 0.25) is 5.02 Å². The SMILES string of the molecule is CS(=O)(=O)NC(=O)CCc1cn(-c2ccccc2)nc1-c1ccc(Cl)cc1. The summed E-state index contributed by atoms with van der Waals surface area (Å²) >= 11 is 5.97. The molecule has 0 spiro atoms. The van der Waals surface area contributed by atoms with Crippen LogP contribution in [-0.2, 0) is 21.2 Å². The Kier molecular flexibility index (Phi) is 5.62. The zero-order chi connectivity index (χ0) is 19.4. The van der Waals surface area contributed by atoms with Gasteiger partial charge in [0.05, 0.1) is 17.6 Å². The molecule has 1 aromatic heterocycles. The number of sulfonamides is 1. The first-order valence-corrected chi connectivity index (χ1v) is 10.5. The highest BCUT2D eigenvalue weighted by Crippen LogP contribution is 2.26. The molecule has 1 N–H and O–H groups in total. The van der Waals surface area contributed by atoms with Crippen LogP contribution >= 0.6 is 11.6 Å². The number of benzene rings is 2. The number of nitrogens with one attached hydrogen (secondary N) is 1. The van der Waals surface area contributed by atoms with Crippen molar-refractivity contribution in [1.82, 2.24) is 14.5 Å². The molecule has 3 rings (SSSR count). The van der Waals surface area contributed by atoms with Gasteiger partial charge in [0.25, 0.3) is 0 Å². The van der Waals surface area contributed by atoms with E-state index in [1.165, 1.54) is 0 Å². The highest BCUT2D eigenvalue weighted by atomic mass is 35.5. The maximum absolute atomic E-state index is 11.9. The van der Waals surface area contributed by atoms with E-state index in [9.17, 15) is 13.2 Å². The van der Waals surface area contributed by atoms with Gasteiger partial charge in [-0.05, 0) is 36.2 Å². The van der Waals surface area contributed by atoms with Crippen LogP contribution in [-0.4, -0.2) is 30.4 Å². The molecule has 140 valence electrons. The third-order valence-electron chi connectivity index (χ3n) is 3.85. The number of hydrogen-bond acceptors (Lipinski definition) is 4. The highest BCUT2D eigenvalue weighted by molar-refractivity contribution is 7.89. The summed E-state index contributed by atoms with van der Waals surface area (Å²) in [6, 6.07) is 16.9. The molecule has 6 nitrogen and oxygen atoms in total. The lowest BCUT2D eigenvalue weighted by atomic mass is 10.0. The average molecular weight is 404 g/mol. The van der Waals surface area contributed by atoms with E-state index in [0.29, 0.717) is 11.4 Å². The average Bonchev–Trinajstić information content (AvgIpc) is 3.04. The quantitative estimate of drug-likeness (QED) is 0.685. The molecule has 0 fully saturated rings. The third kappa shape index (κ3) is 5.18.